The summed E-state index contributed by atoms with van der Waals surface area (Å²) in [5, 5.41) is 41.3. The molecule has 0 amide bonds. The number of sulfonamides is 2. The molecule has 0 atom stereocenters. The highest BCUT2D eigenvalue weighted by Crippen LogP contribution is 2.46. The predicted molar refractivity (Wildman–Crippen MR) is 304 cm³/mol. The molecule has 2 saturated heterocycles. The largest absolute Gasteiger partial charge is 0.486 e. The number of hydrogen-bond acceptors (Lipinski definition) is 17. The van der Waals surface area contributed by atoms with E-state index in [9.17, 15) is 46.7 Å². The van der Waals surface area contributed by atoms with Crippen LogP contribution in [0.15, 0.2) is 107 Å². The number of rotatable bonds is 18. The van der Waals surface area contributed by atoms with E-state index in [1.54, 1.807) is 86.1 Å². The standard InChI is InChI=1S/C27H27ClN6O6S.C27H30ClN5O6S/c1-27(7-8-27)18-40-25-24(16-30-33(26(25)35)22-4-2-3-21(28)14-22)31-9-11-32(12-10-31)41(38,39)17-19-5-6-20(15-29)23(13-19)34(36)37;1-19-6-7-20(14-23(19)33(35)36)17-40(37,38)31-12-10-30(11-13-31)24-16-29-32(22-5-3-4-21(28)15-22)26(34)25(24)39-18-27(2)8-9-27/h2-6,13-14,16H,7-12,17-18H2,1H3;3-7,14-16H,8-13,17-18H2,1-2H3. The molecule has 2 saturated carbocycles. The first-order valence-electron chi connectivity index (χ1n) is 25.8. The van der Waals surface area contributed by atoms with Crippen LogP contribution < -0.4 is 30.4 Å². The molecule has 0 radical (unpaired) electrons. The Labute approximate surface area is 476 Å². The topological polar surface area (TPSA) is 280 Å². The van der Waals surface area contributed by atoms with E-state index >= 15 is 0 Å². The third-order valence-corrected chi connectivity index (χ3v) is 18.9. The third-order valence-electron chi connectivity index (χ3n) is 14.8. The summed E-state index contributed by atoms with van der Waals surface area (Å²) in [5.41, 5.74) is 1.57. The lowest BCUT2D eigenvalue weighted by Gasteiger charge is -2.35. The van der Waals surface area contributed by atoms with Crippen LogP contribution in [0.1, 0.15) is 61.8 Å². The first-order chi connectivity index (χ1) is 38.4. The van der Waals surface area contributed by atoms with E-state index < -0.39 is 52.5 Å². The highest BCUT2D eigenvalue weighted by Gasteiger charge is 2.40. The van der Waals surface area contributed by atoms with Crippen LogP contribution in [-0.2, 0) is 31.6 Å². The number of benzene rings is 4. The maximum Gasteiger partial charge on any atom is 0.316 e. The average molecular weight is 1190 g/mol. The molecule has 0 spiro atoms. The number of nitriles is 1. The van der Waals surface area contributed by atoms with Crippen molar-refractivity contribution in [2.75, 3.05) is 75.4 Å². The summed E-state index contributed by atoms with van der Waals surface area (Å²) < 4.78 is 70.1. The average Bonchev–Trinajstić information content (AvgIpc) is 4.50. The van der Waals surface area contributed by atoms with Gasteiger partial charge in [0.25, 0.3) is 11.4 Å². The number of ether oxygens (including phenoxy) is 2. The van der Waals surface area contributed by atoms with Gasteiger partial charge in [-0.2, -0.15) is 33.4 Å². The fourth-order valence-corrected chi connectivity index (χ4v) is 12.6. The SMILES string of the molecule is CC1(COc2c(N3CCN(S(=O)(=O)Cc4ccc(C#N)c([N+](=O)[O-])c4)CC3)cnn(-c3cccc(Cl)c3)c2=O)CC1.Cc1ccc(CS(=O)(=O)N2CCN(c3cnn(-c4cccc(Cl)c4)c(=O)c3OCC3(C)CC3)CC2)cc1[N+](=O)[O-]. The zero-order valence-corrected chi connectivity index (χ0v) is 47.6. The van der Waals surface area contributed by atoms with Gasteiger partial charge in [0.1, 0.15) is 23.0 Å². The van der Waals surface area contributed by atoms with Crippen LogP contribution in [0.4, 0.5) is 22.7 Å². The van der Waals surface area contributed by atoms with Crippen molar-refractivity contribution in [3.63, 3.8) is 0 Å². The molecule has 4 aromatic carbocycles. The first kappa shape index (κ1) is 58.2. The van der Waals surface area contributed by atoms with Crippen molar-refractivity contribution in [3.8, 4) is 28.9 Å². The molecule has 426 valence electrons. The van der Waals surface area contributed by atoms with Gasteiger partial charge >= 0.3 is 11.1 Å². The van der Waals surface area contributed by atoms with Crippen molar-refractivity contribution >= 4 is 66.0 Å². The lowest BCUT2D eigenvalue weighted by atomic mass is 10.1. The lowest BCUT2D eigenvalue weighted by Crippen LogP contribution is -2.49. The number of aromatic nitrogens is 4. The molecule has 0 bridgehead atoms. The summed E-state index contributed by atoms with van der Waals surface area (Å²) in [6, 6.07) is 23.6. The van der Waals surface area contributed by atoms with Gasteiger partial charge in [-0.15, -0.1) is 0 Å². The quantitative estimate of drug-likeness (QED) is 0.0597. The monoisotopic (exact) mass is 1190 g/mol. The molecule has 2 aromatic heterocycles. The number of nitrogens with zero attached hydrogens (tertiary/aromatic N) is 11. The van der Waals surface area contributed by atoms with Crippen molar-refractivity contribution in [1.82, 2.24) is 28.2 Å². The van der Waals surface area contributed by atoms with Crippen LogP contribution in [0.2, 0.25) is 10.0 Å². The summed E-state index contributed by atoms with van der Waals surface area (Å²) in [5.74, 6) is -0.456. The number of halogens is 2. The van der Waals surface area contributed by atoms with Gasteiger partial charge in [-0.05, 0) is 86.2 Å². The molecule has 81 heavy (non-hydrogen) atoms. The van der Waals surface area contributed by atoms with Crippen LogP contribution in [-0.4, -0.2) is 120 Å². The second-order valence-electron chi connectivity index (χ2n) is 21.2. The molecular weight excluding hydrogens is 1130 g/mol. The minimum atomic E-state index is -3.81. The molecule has 0 N–H and O–H groups in total. The maximum atomic E-state index is 13.6. The minimum absolute atomic E-state index is 0.0150. The summed E-state index contributed by atoms with van der Waals surface area (Å²) in [6.07, 6.45) is 7.19. The Bertz CT molecular complexity index is 3810. The van der Waals surface area contributed by atoms with Gasteiger partial charge in [-0.1, -0.05) is 67.4 Å². The Morgan fingerprint density at radius 1 is 0.617 bits per heavy atom. The predicted octanol–water partition coefficient (Wildman–Crippen LogP) is 7.43. The molecule has 4 fully saturated rings. The fourth-order valence-electron chi connectivity index (χ4n) is 9.24. The van der Waals surface area contributed by atoms with Gasteiger partial charge in [0.2, 0.25) is 31.5 Å². The van der Waals surface area contributed by atoms with E-state index in [0.717, 1.165) is 31.7 Å². The van der Waals surface area contributed by atoms with E-state index in [-0.39, 0.29) is 84.2 Å². The smallest absolute Gasteiger partial charge is 0.316 e. The van der Waals surface area contributed by atoms with E-state index in [4.69, 9.17) is 37.9 Å². The molecule has 27 heteroatoms. The number of anilines is 2. The second-order valence-corrected chi connectivity index (χ2v) is 26.0. The molecular formula is C54H57Cl2N11O12S2. The Morgan fingerprint density at radius 3 is 1.41 bits per heavy atom. The number of hydrogen-bond donors (Lipinski definition) is 0. The van der Waals surface area contributed by atoms with Gasteiger partial charge < -0.3 is 19.3 Å². The van der Waals surface area contributed by atoms with Crippen molar-refractivity contribution in [3.05, 3.63) is 171 Å². The number of piperazine rings is 2. The van der Waals surface area contributed by atoms with Crippen molar-refractivity contribution in [1.29, 1.82) is 5.26 Å². The van der Waals surface area contributed by atoms with Crippen LogP contribution in [0, 0.1) is 49.3 Å². The summed E-state index contributed by atoms with van der Waals surface area (Å²) in [4.78, 5) is 52.3. The van der Waals surface area contributed by atoms with E-state index in [1.807, 2.05) is 9.80 Å². The molecule has 4 aliphatic rings. The molecule has 0 unspecified atom stereocenters. The van der Waals surface area contributed by atoms with Crippen LogP contribution in [0.25, 0.3) is 11.4 Å². The number of nitro benzene ring substituents is 2. The van der Waals surface area contributed by atoms with E-state index in [2.05, 4.69) is 24.0 Å². The van der Waals surface area contributed by atoms with Gasteiger partial charge in [0.05, 0.1) is 58.3 Å². The van der Waals surface area contributed by atoms with E-state index in [0.29, 0.717) is 70.2 Å². The first-order valence-corrected chi connectivity index (χ1v) is 29.8. The molecule has 10 rings (SSSR count). The van der Waals surface area contributed by atoms with Gasteiger partial charge in [-0.3, -0.25) is 29.8 Å². The van der Waals surface area contributed by atoms with Gasteiger partial charge in [0.15, 0.2) is 0 Å². The van der Waals surface area contributed by atoms with Crippen LogP contribution in [0.5, 0.6) is 11.5 Å². The Balaban J connectivity index is 0.000000196. The maximum absolute atomic E-state index is 13.6. The molecule has 2 aliphatic heterocycles. The normalized spacial score (nSPS) is 16.8. The van der Waals surface area contributed by atoms with Crippen molar-refractivity contribution < 1.29 is 36.2 Å². The highest BCUT2D eigenvalue weighted by molar-refractivity contribution is 7.88. The highest BCUT2D eigenvalue weighted by atomic mass is 35.5. The third kappa shape index (κ3) is 13.7. The summed E-state index contributed by atoms with van der Waals surface area (Å²) in [6.45, 7) is 8.43. The fraction of sp³-hybridized carbons (Fsp3) is 0.389. The summed E-state index contributed by atoms with van der Waals surface area (Å²) in [7, 11) is -7.54. The van der Waals surface area contributed by atoms with Crippen LogP contribution >= 0.6 is 23.2 Å². The molecule has 2 aliphatic carbocycles. The molecule has 23 nitrogen and oxygen atoms in total. The Morgan fingerprint density at radius 2 is 1.02 bits per heavy atom. The number of aryl methyl sites for hydroxylation is 1. The lowest BCUT2D eigenvalue weighted by molar-refractivity contribution is -0.385. The number of nitro groups is 2. The Hall–Kier alpha value is -7.47. The minimum Gasteiger partial charge on any atom is -0.486 e. The van der Waals surface area contributed by atoms with Crippen LogP contribution in [0.3, 0.4) is 0 Å². The van der Waals surface area contributed by atoms with E-state index in [1.165, 1.54) is 36.2 Å². The van der Waals surface area contributed by atoms with Crippen molar-refractivity contribution in [2.24, 2.45) is 10.8 Å². The zero-order chi connectivity index (χ0) is 58.0. The molecule has 4 heterocycles. The molecule has 6 aromatic rings. The Kier molecular flexibility index (Phi) is 16.9. The second kappa shape index (κ2) is 23.6. The summed E-state index contributed by atoms with van der Waals surface area (Å²) >= 11 is 12.3. The van der Waals surface area contributed by atoms with Crippen molar-refractivity contribution in [2.45, 2.75) is 58.0 Å². The van der Waals surface area contributed by atoms with Gasteiger partial charge in [-0.25, -0.2) is 16.8 Å². The zero-order valence-electron chi connectivity index (χ0n) is 44.4. The van der Waals surface area contributed by atoms with Gasteiger partial charge in [0, 0.05) is 90.9 Å².